The van der Waals surface area contributed by atoms with Crippen LogP contribution >= 0.6 is 0 Å². The van der Waals surface area contributed by atoms with Crippen molar-refractivity contribution in [3.05, 3.63) is 64.6 Å². The zero-order valence-electron chi connectivity index (χ0n) is 19.6. The fourth-order valence-electron chi connectivity index (χ4n) is 4.42. The smallest absolute Gasteiger partial charge is 0.160 e. The molecule has 0 spiro atoms. The van der Waals surface area contributed by atoms with Gasteiger partial charge in [-0.25, -0.2) is 9.97 Å². The Bertz CT molecular complexity index is 1050. The van der Waals surface area contributed by atoms with E-state index in [9.17, 15) is 0 Å². The van der Waals surface area contributed by atoms with Gasteiger partial charge in [-0.15, -0.1) is 0 Å². The van der Waals surface area contributed by atoms with Crippen LogP contribution in [0.3, 0.4) is 0 Å². The lowest BCUT2D eigenvalue weighted by atomic mass is 10.1. The van der Waals surface area contributed by atoms with E-state index in [-0.39, 0.29) is 0 Å². The Hall–Kier alpha value is -2.50. The fourth-order valence-corrected chi connectivity index (χ4v) is 4.42. The van der Waals surface area contributed by atoms with Crippen LogP contribution in [0.4, 0.5) is 0 Å². The molecule has 0 saturated carbocycles. The predicted molar refractivity (Wildman–Crippen MR) is 129 cm³/mol. The van der Waals surface area contributed by atoms with Crippen LogP contribution in [0.1, 0.15) is 42.1 Å². The number of hydrogen-bond acceptors (Lipinski definition) is 4. The summed E-state index contributed by atoms with van der Waals surface area (Å²) in [6, 6.07) is 11.6. The van der Waals surface area contributed by atoms with E-state index in [1.54, 1.807) is 0 Å². The highest BCUT2D eigenvalue weighted by Gasteiger charge is 2.17. The van der Waals surface area contributed by atoms with Gasteiger partial charge in [-0.3, -0.25) is 9.80 Å². The first-order valence-corrected chi connectivity index (χ1v) is 11.4. The van der Waals surface area contributed by atoms with Gasteiger partial charge in [0, 0.05) is 44.5 Å². The number of aryl methyl sites for hydroxylation is 3. The number of rotatable bonds is 6. The Balaban J connectivity index is 1.38. The standard InChI is InChI=1S/C26H35N5/c1-19(2)30-15-13-29(14-16-30)12-6-7-23-8-10-24(11-9-23)18-31-22(5)28-25-20(3)17-21(4)27-26(25)31/h6-11,17,19H,12-16,18H2,1-5H3. The van der Waals surface area contributed by atoms with Crippen molar-refractivity contribution in [1.82, 2.24) is 24.3 Å². The molecule has 0 radical (unpaired) electrons. The maximum absolute atomic E-state index is 4.75. The number of piperazine rings is 1. The van der Waals surface area contributed by atoms with Crippen molar-refractivity contribution >= 4 is 17.2 Å². The number of benzene rings is 1. The second-order valence-electron chi connectivity index (χ2n) is 9.07. The number of fused-ring (bicyclic) bond motifs is 1. The van der Waals surface area contributed by atoms with Crippen LogP contribution < -0.4 is 0 Å². The molecule has 2 aromatic heterocycles. The van der Waals surface area contributed by atoms with Gasteiger partial charge in [0.2, 0.25) is 0 Å². The summed E-state index contributed by atoms with van der Waals surface area (Å²) in [4.78, 5) is 14.6. The fraction of sp³-hybridized carbons (Fsp3) is 0.462. The lowest BCUT2D eigenvalue weighted by molar-refractivity contribution is 0.117. The molecule has 1 aromatic carbocycles. The van der Waals surface area contributed by atoms with Crippen molar-refractivity contribution in [3.8, 4) is 0 Å². The molecule has 5 heteroatoms. The van der Waals surface area contributed by atoms with Crippen LogP contribution in [0.5, 0.6) is 0 Å². The first kappa shape index (κ1) is 21.7. The minimum Gasteiger partial charge on any atom is -0.308 e. The van der Waals surface area contributed by atoms with Gasteiger partial charge in [-0.2, -0.15) is 0 Å². The van der Waals surface area contributed by atoms with Gasteiger partial charge in [0.25, 0.3) is 0 Å². The summed E-state index contributed by atoms with van der Waals surface area (Å²) in [6.07, 6.45) is 4.54. The van der Waals surface area contributed by atoms with Gasteiger partial charge < -0.3 is 4.57 Å². The van der Waals surface area contributed by atoms with Crippen LogP contribution in [-0.4, -0.2) is 63.1 Å². The third kappa shape index (κ3) is 5.05. The number of pyridine rings is 1. The number of nitrogens with zero attached hydrogens (tertiary/aromatic N) is 5. The average Bonchev–Trinajstić information content (AvgIpc) is 3.05. The molecule has 0 N–H and O–H groups in total. The average molecular weight is 418 g/mol. The van der Waals surface area contributed by atoms with Gasteiger partial charge in [-0.1, -0.05) is 36.4 Å². The first-order chi connectivity index (χ1) is 14.9. The van der Waals surface area contributed by atoms with Gasteiger partial charge in [0.05, 0.1) is 6.54 Å². The van der Waals surface area contributed by atoms with Crippen molar-refractivity contribution < 1.29 is 0 Å². The van der Waals surface area contributed by atoms with E-state index in [0.29, 0.717) is 6.04 Å². The number of imidazole rings is 1. The molecule has 3 aromatic rings. The molecule has 1 aliphatic rings. The third-order valence-corrected chi connectivity index (χ3v) is 6.34. The SMILES string of the molecule is Cc1cc(C)c2nc(C)n(Cc3ccc(C=CCN4CCN(C(C)C)CC4)cc3)c2n1. The van der Waals surface area contributed by atoms with E-state index >= 15 is 0 Å². The summed E-state index contributed by atoms with van der Waals surface area (Å²) < 4.78 is 2.22. The van der Waals surface area contributed by atoms with Crippen LogP contribution in [-0.2, 0) is 6.54 Å². The molecule has 1 fully saturated rings. The lowest BCUT2D eigenvalue weighted by Gasteiger charge is -2.36. The summed E-state index contributed by atoms with van der Waals surface area (Å²) in [6.45, 7) is 17.3. The van der Waals surface area contributed by atoms with Crippen molar-refractivity contribution in [3.63, 3.8) is 0 Å². The first-order valence-electron chi connectivity index (χ1n) is 11.4. The zero-order chi connectivity index (χ0) is 22.0. The second kappa shape index (κ2) is 9.33. The van der Waals surface area contributed by atoms with Crippen LogP contribution in [0.25, 0.3) is 17.2 Å². The topological polar surface area (TPSA) is 37.2 Å². The molecule has 1 saturated heterocycles. The molecule has 3 heterocycles. The van der Waals surface area contributed by atoms with Gasteiger partial charge in [0.15, 0.2) is 5.65 Å². The molecule has 0 bridgehead atoms. The quantitative estimate of drug-likeness (QED) is 0.594. The van der Waals surface area contributed by atoms with E-state index in [1.807, 2.05) is 6.92 Å². The molecule has 0 aliphatic carbocycles. The highest BCUT2D eigenvalue weighted by atomic mass is 15.3. The minimum atomic E-state index is 0.657. The number of aromatic nitrogens is 3. The monoisotopic (exact) mass is 417 g/mol. The van der Waals surface area contributed by atoms with Crippen LogP contribution in [0.15, 0.2) is 36.4 Å². The third-order valence-electron chi connectivity index (χ3n) is 6.34. The molecule has 0 unspecified atom stereocenters. The van der Waals surface area contributed by atoms with Crippen molar-refractivity contribution in [2.24, 2.45) is 0 Å². The molecule has 1 aliphatic heterocycles. The molecule has 0 amide bonds. The van der Waals surface area contributed by atoms with Crippen molar-refractivity contribution in [2.75, 3.05) is 32.7 Å². The maximum Gasteiger partial charge on any atom is 0.160 e. The van der Waals surface area contributed by atoms with Gasteiger partial charge in [0.1, 0.15) is 11.3 Å². The second-order valence-corrected chi connectivity index (χ2v) is 9.07. The molecule has 31 heavy (non-hydrogen) atoms. The minimum absolute atomic E-state index is 0.657. The molecule has 164 valence electrons. The van der Waals surface area contributed by atoms with E-state index in [2.05, 4.69) is 84.5 Å². The molecular formula is C26H35N5. The van der Waals surface area contributed by atoms with E-state index in [4.69, 9.17) is 9.97 Å². The van der Waals surface area contributed by atoms with E-state index in [1.165, 1.54) is 29.8 Å². The van der Waals surface area contributed by atoms with Crippen LogP contribution in [0.2, 0.25) is 0 Å². The molecule has 5 nitrogen and oxygen atoms in total. The summed E-state index contributed by atoms with van der Waals surface area (Å²) in [7, 11) is 0. The van der Waals surface area contributed by atoms with Gasteiger partial charge >= 0.3 is 0 Å². The Kier molecular flexibility index (Phi) is 6.54. The summed E-state index contributed by atoms with van der Waals surface area (Å²) in [5, 5.41) is 0. The Morgan fingerprint density at radius 1 is 0.968 bits per heavy atom. The highest BCUT2D eigenvalue weighted by Crippen LogP contribution is 2.20. The largest absolute Gasteiger partial charge is 0.308 e. The summed E-state index contributed by atoms with van der Waals surface area (Å²) in [5.74, 6) is 1.01. The lowest BCUT2D eigenvalue weighted by Crippen LogP contribution is -2.48. The summed E-state index contributed by atoms with van der Waals surface area (Å²) >= 11 is 0. The Morgan fingerprint density at radius 2 is 1.68 bits per heavy atom. The van der Waals surface area contributed by atoms with E-state index in [0.717, 1.165) is 48.9 Å². The normalized spacial score (nSPS) is 16.2. The van der Waals surface area contributed by atoms with Crippen molar-refractivity contribution in [2.45, 2.75) is 47.2 Å². The maximum atomic E-state index is 4.75. The molecule has 4 rings (SSSR count). The molecule has 0 atom stereocenters. The zero-order valence-corrected chi connectivity index (χ0v) is 19.6. The van der Waals surface area contributed by atoms with Crippen LogP contribution in [0, 0.1) is 20.8 Å². The Morgan fingerprint density at radius 3 is 2.35 bits per heavy atom. The number of hydrogen-bond donors (Lipinski definition) is 0. The Labute approximate surface area is 186 Å². The summed E-state index contributed by atoms with van der Waals surface area (Å²) in [5.41, 5.74) is 6.74. The van der Waals surface area contributed by atoms with E-state index < -0.39 is 0 Å². The van der Waals surface area contributed by atoms with Crippen molar-refractivity contribution in [1.29, 1.82) is 0 Å². The molecular weight excluding hydrogens is 382 g/mol. The van der Waals surface area contributed by atoms with Gasteiger partial charge in [-0.05, 0) is 57.4 Å². The predicted octanol–water partition coefficient (Wildman–Crippen LogP) is 4.44. The highest BCUT2D eigenvalue weighted by molar-refractivity contribution is 5.76.